The van der Waals surface area contributed by atoms with Crippen LogP contribution in [-0.2, 0) is 10.0 Å². The monoisotopic (exact) mass is 247 g/mol. The summed E-state index contributed by atoms with van der Waals surface area (Å²) in [6.45, 7) is 0. The number of aliphatic hydroxyl groups is 1. The van der Waals surface area contributed by atoms with Crippen LogP contribution in [0.2, 0.25) is 0 Å². The fraction of sp³-hybridized carbons (Fsp3) is 1.00. The molecule has 0 heterocycles. The van der Waals surface area contributed by atoms with Crippen molar-refractivity contribution in [3.05, 3.63) is 0 Å². The van der Waals surface area contributed by atoms with Crippen LogP contribution in [0.4, 0.5) is 0 Å². The van der Waals surface area contributed by atoms with Gasteiger partial charge in [0.15, 0.2) is 0 Å². The Bertz CT molecular complexity index is 324. The van der Waals surface area contributed by atoms with Crippen LogP contribution in [-0.4, -0.2) is 31.4 Å². The maximum Gasteiger partial charge on any atom is 0.212 e. The molecule has 0 spiro atoms. The van der Waals surface area contributed by atoms with E-state index in [-0.39, 0.29) is 11.8 Å². The highest BCUT2D eigenvalue weighted by Crippen LogP contribution is 2.30. The Balaban J connectivity index is 1.90. The van der Waals surface area contributed by atoms with E-state index in [4.69, 9.17) is 0 Å². The van der Waals surface area contributed by atoms with Crippen LogP contribution in [0, 0.1) is 5.92 Å². The lowest BCUT2D eigenvalue weighted by Gasteiger charge is -2.21. The fourth-order valence-electron chi connectivity index (χ4n) is 2.30. The van der Waals surface area contributed by atoms with Crippen LogP contribution in [0.5, 0.6) is 0 Å². The molecule has 5 heteroatoms. The van der Waals surface area contributed by atoms with E-state index in [0.29, 0.717) is 5.92 Å². The van der Waals surface area contributed by atoms with Crippen molar-refractivity contribution in [2.45, 2.75) is 57.1 Å². The largest absolute Gasteiger partial charge is 0.391 e. The molecule has 2 fully saturated rings. The summed E-state index contributed by atoms with van der Waals surface area (Å²) < 4.78 is 26.2. The van der Waals surface area contributed by atoms with E-state index in [1.807, 2.05) is 0 Å². The summed E-state index contributed by atoms with van der Waals surface area (Å²) >= 11 is 0. The van der Waals surface area contributed by atoms with Gasteiger partial charge >= 0.3 is 0 Å². The average molecular weight is 247 g/mol. The van der Waals surface area contributed by atoms with Gasteiger partial charge in [0, 0.05) is 6.04 Å². The van der Waals surface area contributed by atoms with E-state index in [1.165, 1.54) is 0 Å². The number of nitrogens with one attached hydrogen (secondary N) is 1. The lowest BCUT2D eigenvalue weighted by molar-refractivity contribution is 0.130. The molecular formula is C11H21NO3S. The van der Waals surface area contributed by atoms with Crippen molar-refractivity contribution in [2.75, 3.05) is 5.75 Å². The van der Waals surface area contributed by atoms with E-state index in [0.717, 1.165) is 44.9 Å². The maximum absolute atomic E-state index is 11.8. The van der Waals surface area contributed by atoms with Crippen LogP contribution in [0.25, 0.3) is 0 Å². The molecule has 16 heavy (non-hydrogen) atoms. The Morgan fingerprint density at radius 2 is 1.75 bits per heavy atom. The summed E-state index contributed by atoms with van der Waals surface area (Å²) in [7, 11) is -3.18. The van der Waals surface area contributed by atoms with Crippen LogP contribution < -0.4 is 4.72 Å². The Kier molecular flexibility index (Phi) is 3.87. The molecule has 4 nitrogen and oxygen atoms in total. The predicted molar refractivity (Wildman–Crippen MR) is 62.5 cm³/mol. The van der Waals surface area contributed by atoms with Crippen molar-refractivity contribution in [3.8, 4) is 0 Å². The molecule has 0 amide bonds. The normalized spacial score (nSPS) is 32.3. The predicted octanol–water partition coefficient (Wildman–Crippen LogP) is 1.01. The molecule has 2 unspecified atom stereocenters. The SMILES string of the molecule is O=S(=O)(CC1CC1)NC1CCCCCC1O. The zero-order valence-electron chi connectivity index (χ0n) is 9.56. The van der Waals surface area contributed by atoms with Crippen LogP contribution >= 0.6 is 0 Å². The molecule has 2 saturated carbocycles. The minimum Gasteiger partial charge on any atom is -0.391 e. The van der Waals surface area contributed by atoms with E-state index < -0.39 is 16.1 Å². The summed E-state index contributed by atoms with van der Waals surface area (Å²) in [5.41, 5.74) is 0. The van der Waals surface area contributed by atoms with Gasteiger partial charge in [0.25, 0.3) is 0 Å². The van der Waals surface area contributed by atoms with Crippen molar-refractivity contribution in [1.29, 1.82) is 0 Å². The van der Waals surface area contributed by atoms with Gasteiger partial charge in [0.05, 0.1) is 11.9 Å². The summed E-state index contributed by atoms with van der Waals surface area (Å²) in [4.78, 5) is 0. The second-order valence-electron chi connectivity index (χ2n) is 5.15. The molecule has 2 rings (SSSR count). The number of hydrogen-bond acceptors (Lipinski definition) is 3. The van der Waals surface area contributed by atoms with Gasteiger partial charge in [-0.25, -0.2) is 13.1 Å². The number of hydrogen-bond donors (Lipinski definition) is 2. The first-order valence-electron chi connectivity index (χ1n) is 6.25. The standard InChI is InChI=1S/C11H21NO3S/c13-11-5-3-1-2-4-10(11)12-16(14,15)8-9-6-7-9/h9-13H,1-8H2. The molecule has 0 aliphatic heterocycles. The number of aliphatic hydroxyl groups excluding tert-OH is 1. The lowest BCUT2D eigenvalue weighted by Crippen LogP contribution is -2.43. The molecule has 0 radical (unpaired) electrons. The molecule has 2 aliphatic rings. The average Bonchev–Trinajstić information content (AvgIpc) is 2.97. The first-order valence-corrected chi connectivity index (χ1v) is 7.90. The van der Waals surface area contributed by atoms with E-state index >= 15 is 0 Å². The molecule has 2 N–H and O–H groups in total. The highest BCUT2D eigenvalue weighted by Gasteiger charge is 2.31. The van der Waals surface area contributed by atoms with Gasteiger partial charge < -0.3 is 5.11 Å². The maximum atomic E-state index is 11.8. The number of sulfonamides is 1. The van der Waals surface area contributed by atoms with Crippen molar-refractivity contribution < 1.29 is 13.5 Å². The third-order valence-electron chi connectivity index (χ3n) is 3.46. The van der Waals surface area contributed by atoms with Gasteiger partial charge in [-0.15, -0.1) is 0 Å². The van der Waals surface area contributed by atoms with Gasteiger partial charge in [-0.3, -0.25) is 0 Å². The second-order valence-corrected chi connectivity index (χ2v) is 6.95. The van der Waals surface area contributed by atoms with Crippen LogP contribution in [0.3, 0.4) is 0 Å². The minimum atomic E-state index is -3.18. The zero-order chi connectivity index (χ0) is 11.6. The Morgan fingerprint density at radius 1 is 1.06 bits per heavy atom. The topological polar surface area (TPSA) is 66.4 Å². The highest BCUT2D eigenvalue weighted by molar-refractivity contribution is 7.89. The third-order valence-corrected chi connectivity index (χ3v) is 5.03. The Labute approximate surface area is 97.5 Å². The molecule has 94 valence electrons. The molecule has 2 aliphatic carbocycles. The minimum absolute atomic E-state index is 0.246. The van der Waals surface area contributed by atoms with E-state index in [1.54, 1.807) is 0 Å². The lowest BCUT2D eigenvalue weighted by atomic mass is 10.1. The molecule has 2 atom stereocenters. The van der Waals surface area contributed by atoms with Crippen molar-refractivity contribution >= 4 is 10.0 Å². The van der Waals surface area contributed by atoms with Gasteiger partial charge in [-0.2, -0.15) is 0 Å². The van der Waals surface area contributed by atoms with Crippen LogP contribution in [0.15, 0.2) is 0 Å². The van der Waals surface area contributed by atoms with Gasteiger partial charge in [-0.05, 0) is 31.6 Å². The summed E-state index contributed by atoms with van der Waals surface area (Å²) in [5, 5.41) is 9.84. The summed E-state index contributed by atoms with van der Waals surface area (Å²) in [5.74, 6) is 0.608. The van der Waals surface area contributed by atoms with Gasteiger partial charge in [-0.1, -0.05) is 19.3 Å². The highest BCUT2D eigenvalue weighted by atomic mass is 32.2. The summed E-state index contributed by atoms with van der Waals surface area (Å²) in [6, 6.07) is -0.258. The van der Waals surface area contributed by atoms with E-state index in [2.05, 4.69) is 4.72 Å². The van der Waals surface area contributed by atoms with E-state index in [9.17, 15) is 13.5 Å². The smallest absolute Gasteiger partial charge is 0.212 e. The van der Waals surface area contributed by atoms with Crippen molar-refractivity contribution in [3.63, 3.8) is 0 Å². The first-order chi connectivity index (χ1) is 7.57. The molecule has 0 aromatic heterocycles. The molecule has 0 aromatic carbocycles. The molecular weight excluding hydrogens is 226 g/mol. The zero-order valence-corrected chi connectivity index (χ0v) is 10.4. The van der Waals surface area contributed by atoms with Gasteiger partial charge in [0.2, 0.25) is 10.0 Å². The third kappa shape index (κ3) is 3.71. The van der Waals surface area contributed by atoms with Crippen LogP contribution in [0.1, 0.15) is 44.9 Å². The molecule has 0 saturated heterocycles. The number of rotatable bonds is 4. The van der Waals surface area contributed by atoms with Gasteiger partial charge in [0.1, 0.15) is 0 Å². The fourth-order valence-corrected chi connectivity index (χ4v) is 4.09. The molecule has 0 aromatic rings. The Hall–Kier alpha value is -0.130. The molecule has 0 bridgehead atoms. The Morgan fingerprint density at radius 3 is 2.44 bits per heavy atom. The van der Waals surface area contributed by atoms with Crippen molar-refractivity contribution in [2.24, 2.45) is 5.92 Å². The van der Waals surface area contributed by atoms with Crippen molar-refractivity contribution in [1.82, 2.24) is 4.72 Å². The first kappa shape index (κ1) is 12.3. The quantitative estimate of drug-likeness (QED) is 0.729. The summed E-state index contributed by atoms with van der Waals surface area (Å²) in [6.07, 6.45) is 6.16. The second kappa shape index (κ2) is 5.02.